The number of hydrogen-bond donors (Lipinski definition) is 2. The summed E-state index contributed by atoms with van der Waals surface area (Å²) >= 11 is 0. The largest absolute Gasteiger partial charge is 0.481 e. The maximum Gasteiger partial charge on any atom is 0.321 e. The third-order valence-electron chi connectivity index (χ3n) is 3.82. The fourth-order valence-corrected chi connectivity index (χ4v) is 2.40. The molecule has 2 heterocycles. The Balaban J connectivity index is 1.94. The minimum atomic E-state index is -0.871. The van der Waals surface area contributed by atoms with E-state index >= 15 is 0 Å². The maximum atomic E-state index is 12.2. The van der Waals surface area contributed by atoms with Crippen molar-refractivity contribution >= 4 is 17.7 Å². The number of nitrogens with one attached hydrogen (secondary N) is 1. The van der Waals surface area contributed by atoms with E-state index in [2.05, 4.69) is 29.1 Å². The molecule has 1 aromatic heterocycles. The van der Waals surface area contributed by atoms with Crippen LogP contribution < -0.4 is 5.32 Å². The standard InChI is InChI=1S/C15H22N4O3/c1-10(2)6-12-16-7-11(8-17-12)18-14(22)19-5-4-15(3,9-19)13(20)21/h7-8,10H,4-6,9H2,1-3H3,(H,18,22)(H,20,21). The Morgan fingerprint density at radius 3 is 2.55 bits per heavy atom. The maximum absolute atomic E-state index is 12.2. The number of anilines is 1. The first-order valence-corrected chi connectivity index (χ1v) is 7.40. The molecule has 0 aliphatic carbocycles. The van der Waals surface area contributed by atoms with Crippen molar-refractivity contribution in [3.8, 4) is 0 Å². The Labute approximate surface area is 129 Å². The average molecular weight is 306 g/mol. The first-order chi connectivity index (χ1) is 10.3. The molecule has 1 fully saturated rings. The molecule has 1 saturated heterocycles. The van der Waals surface area contributed by atoms with Crippen molar-refractivity contribution < 1.29 is 14.7 Å². The third-order valence-corrected chi connectivity index (χ3v) is 3.82. The summed E-state index contributed by atoms with van der Waals surface area (Å²) in [5.41, 5.74) is -0.351. The second kappa shape index (κ2) is 6.29. The number of hydrogen-bond acceptors (Lipinski definition) is 4. The van der Waals surface area contributed by atoms with Crippen LogP contribution in [0.4, 0.5) is 10.5 Å². The zero-order chi connectivity index (χ0) is 16.3. The molecule has 1 aliphatic rings. The second-order valence-electron chi connectivity index (χ2n) is 6.45. The van der Waals surface area contributed by atoms with E-state index < -0.39 is 11.4 Å². The summed E-state index contributed by atoms with van der Waals surface area (Å²) in [6, 6.07) is -0.315. The molecule has 1 atom stereocenters. The molecule has 2 rings (SSSR count). The van der Waals surface area contributed by atoms with Gasteiger partial charge in [-0.25, -0.2) is 14.8 Å². The van der Waals surface area contributed by atoms with Crippen molar-refractivity contribution in [3.63, 3.8) is 0 Å². The van der Waals surface area contributed by atoms with Crippen molar-refractivity contribution in [1.82, 2.24) is 14.9 Å². The van der Waals surface area contributed by atoms with Crippen molar-refractivity contribution in [2.75, 3.05) is 18.4 Å². The van der Waals surface area contributed by atoms with Gasteiger partial charge in [-0.2, -0.15) is 0 Å². The lowest BCUT2D eigenvalue weighted by Crippen LogP contribution is -2.37. The lowest BCUT2D eigenvalue weighted by atomic mass is 9.90. The molecule has 0 radical (unpaired) electrons. The van der Waals surface area contributed by atoms with E-state index in [9.17, 15) is 14.7 Å². The van der Waals surface area contributed by atoms with E-state index in [1.54, 1.807) is 19.3 Å². The molecule has 2 N–H and O–H groups in total. The number of carbonyl (C=O) groups is 2. The molecule has 0 aromatic carbocycles. The number of nitrogens with zero attached hydrogens (tertiary/aromatic N) is 3. The fourth-order valence-electron chi connectivity index (χ4n) is 2.40. The van der Waals surface area contributed by atoms with Crippen molar-refractivity contribution in [2.24, 2.45) is 11.3 Å². The number of likely N-dealkylation sites (tertiary alicyclic amines) is 1. The Morgan fingerprint density at radius 1 is 1.41 bits per heavy atom. The topological polar surface area (TPSA) is 95.4 Å². The van der Waals surface area contributed by atoms with Crippen molar-refractivity contribution in [3.05, 3.63) is 18.2 Å². The van der Waals surface area contributed by atoms with Crippen LogP contribution in [-0.2, 0) is 11.2 Å². The monoisotopic (exact) mass is 306 g/mol. The molecule has 2 amide bonds. The van der Waals surface area contributed by atoms with Crippen LogP contribution >= 0.6 is 0 Å². The van der Waals surface area contributed by atoms with Gasteiger partial charge >= 0.3 is 12.0 Å². The highest BCUT2D eigenvalue weighted by molar-refractivity contribution is 5.90. The number of carboxylic acid groups (broad SMARTS) is 1. The molecule has 7 heteroatoms. The Hall–Kier alpha value is -2.18. The summed E-state index contributed by atoms with van der Waals surface area (Å²) in [7, 11) is 0. The first kappa shape index (κ1) is 16.2. The van der Waals surface area contributed by atoms with Crippen LogP contribution in [0.25, 0.3) is 0 Å². The van der Waals surface area contributed by atoms with Gasteiger partial charge < -0.3 is 15.3 Å². The van der Waals surface area contributed by atoms with Crippen LogP contribution in [0.1, 0.15) is 33.0 Å². The van der Waals surface area contributed by atoms with E-state index in [1.807, 2.05) is 0 Å². The molecule has 1 aromatic rings. The molecule has 0 bridgehead atoms. The predicted octanol–water partition coefficient (Wildman–Crippen LogP) is 2.00. The molecule has 22 heavy (non-hydrogen) atoms. The van der Waals surface area contributed by atoms with Crippen LogP contribution in [0.3, 0.4) is 0 Å². The number of aromatic nitrogens is 2. The van der Waals surface area contributed by atoms with Gasteiger partial charge in [-0.3, -0.25) is 4.79 Å². The van der Waals surface area contributed by atoms with Crippen molar-refractivity contribution in [2.45, 2.75) is 33.6 Å². The number of amides is 2. The van der Waals surface area contributed by atoms with Gasteiger partial charge in [0.05, 0.1) is 23.5 Å². The van der Waals surface area contributed by atoms with Gasteiger partial charge in [0.15, 0.2) is 0 Å². The van der Waals surface area contributed by atoms with Gasteiger partial charge in [0, 0.05) is 19.5 Å². The highest BCUT2D eigenvalue weighted by Gasteiger charge is 2.42. The van der Waals surface area contributed by atoms with Gasteiger partial charge in [-0.05, 0) is 19.3 Å². The fraction of sp³-hybridized carbons (Fsp3) is 0.600. The minimum Gasteiger partial charge on any atom is -0.481 e. The minimum absolute atomic E-state index is 0.209. The summed E-state index contributed by atoms with van der Waals surface area (Å²) in [6.07, 6.45) is 4.40. The Morgan fingerprint density at radius 2 is 2.05 bits per heavy atom. The second-order valence-corrected chi connectivity index (χ2v) is 6.45. The average Bonchev–Trinajstić information content (AvgIpc) is 2.85. The molecule has 1 unspecified atom stereocenters. The van der Waals surface area contributed by atoms with E-state index in [1.165, 1.54) is 4.90 Å². The zero-order valence-electron chi connectivity index (χ0n) is 13.2. The third kappa shape index (κ3) is 3.72. The van der Waals surface area contributed by atoms with E-state index in [4.69, 9.17) is 0 Å². The predicted molar refractivity (Wildman–Crippen MR) is 81.5 cm³/mol. The van der Waals surface area contributed by atoms with Crippen molar-refractivity contribution in [1.29, 1.82) is 0 Å². The van der Waals surface area contributed by atoms with E-state index in [-0.39, 0.29) is 12.6 Å². The van der Waals surface area contributed by atoms with Gasteiger partial charge in [-0.15, -0.1) is 0 Å². The van der Waals surface area contributed by atoms with Gasteiger partial charge in [-0.1, -0.05) is 13.8 Å². The first-order valence-electron chi connectivity index (χ1n) is 7.40. The number of aliphatic carboxylic acids is 1. The number of carbonyl (C=O) groups excluding carboxylic acids is 1. The number of rotatable bonds is 4. The molecule has 120 valence electrons. The summed E-state index contributed by atoms with van der Waals surface area (Å²) in [4.78, 5) is 33.3. The molecule has 1 aliphatic heterocycles. The van der Waals surface area contributed by atoms with Crippen LogP contribution in [-0.4, -0.2) is 45.1 Å². The normalized spacial score (nSPS) is 21.2. The lowest BCUT2D eigenvalue weighted by Gasteiger charge is -2.20. The summed E-state index contributed by atoms with van der Waals surface area (Å²) in [5, 5.41) is 11.9. The van der Waals surface area contributed by atoms with Crippen LogP contribution in [0.2, 0.25) is 0 Å². The Kier molecular flexibility index (Phi) is 4.63. The molecule has 0 spiro atoms. The SMILES string of the molecule is CC(C)Cc1ncc(NC(=O)N2CCC(C)(C(=O)O)C2)cn1. The zero-order valence-corrected chi connectivity index (χ0v) is 13.2. The molecular weight excluding hydrogens is 284 g/mol. The molecule has 7 nitrogen and oxygen atoms in total. The van der Waals surface area contributed by atoms with Crippen LogP contribution in [0.15, 0.2) is 12.4 Å². The summed E-state index contributed by atoms with van der Waals surface area (Å²) in [6.45, 7) is 6.48. The Bertz CT molecular complexity index is 558. The van der Waals surface area contributed by atoms with Crippen LogP contribution in [0, 0.1) is 11.3 Å². The summed E-state index contributed by atoms with van der Waals surface area (Å²) in [5.74, 6) is 0.343. The van der Waals surface area contributed by atoms with E-state index in [0.717, 1.165) is 12.2 Å². The number of carboxylic acids is 1. The highest BCUT2D eigenvalue weighted by Crippen LogP contribution is 2.30. The van der Waals surface area contributed by atoms with Gasteiger partial charge in [0.2, 0.25) is 0 Å². The quantitative estimate of drug-likeness (QED) is 0.887. The van der Waals surface area contributed by atoms with Gasteiger partial charge in [0.1, 0.15) is 5.82 Å². The smallest absolute Gasteiger partial charge is 0.321 e. The highest BCUT2D eigenvalue weighted by atomic mass is 16.4. The van der Waals surface area contributed by atoms with E-state index in [0.29, 0.717) is 24.6 Å². The lowest BCUT2D eigenvalue weighted by molar-refractivity contribution is -0.146. The number of urea groups is 1. The molecular formula is C15H22N4O3. The molecule has 0 saturated carbocycles. The summed E-state index contributed by atoms with van der Waals surface area (Å²) < 4.78 is 0. The van der Waals surface area contributed by atoms with Gasteiger partial charge in [0.25, 0.3) is 0 Å². The van der Waals surface area contributed by atoms with Crippen LogP contribution in [0.5, 0.6) is 0 Å².